The van der Waals surface area contributed by atoms with E-state index in [0.29, 0.717) is 29.4 Å². The number of thioether (sulfide) groups is 1. The third-order valence-electron chi connectivity index (χ3n) is 6.67. The van der Waals surface area contributed by atoms with Crippen LogP contribution in [0.1, 0.15) is 52.4 Å². The lowest BCUT2D eigenvalue weighted by Crippen LogP contribution is -2.33. The highest BCUT2D eigenvalue weighted by Gasteiger charge is 2.45. The second-order valence-corrected chi connectivity index (χ2v) is 9.34. The van der Waals surface area contributed by atoms with Gasteiger partial charge in [0.2, 0.25) is 0 Å². The zero-order chi connectivity index (χ0) is 18.2. The van der Waals surface area contributed by atoms with Gasteiger partial charge in [-0.05, 0) is 67.8 Å². The highest BCUT2D eigenvalue weighted by Crippen LogP contribution is 2.56. The molecule has 0 saturated heterocycles. The van der Waals surface area contributed by atoms with Crippen LogP contribution >= 0.6 is 11.8 Å². The molecule has 3 rings (SSSR count). The van der Waals surface area contributed by atoms with Crippen molar-refractivity contribution in [1.29, 1.82) is 0 Å². The van der Waals surface area contributed by atoms with Crippen molar-refractivity contribution >= 4 is 11.8 Å². The molecule has 0 aliphatic heterocycles. The van der Waals surface area contributed by atoms with Gasteiger partial charge in [-0.2, -0.15) is 11.8 Å². The number of aliphatic hydroxyl groups is 2. The van der Waals surface area contributed by atoms with Crippen molar-refractivity contribution in [3.05, 3.63) is 47.1 Å². The van der Waals surface area contributed by atoms with Crippen LogP contribution in [-0.2, 0) is 0 Å². The smallest absolute Gasteiger partial charge is 0.0811 e. The average molecular weight is 361 g/mol. The van der Waals surface area contributed by atoms with Crippen molar-refractivity contribution in [2.75, 3.05) is 6.26 Å². The zero-order valence-electron chi connectivity index (χ0n) is 15.8. The number of fused-ring (bicyclic) bond motifs is 1. The third-order valence-corrected chi connectivity index (χ3v) is 7.63. The Hall–Kier alpha value is -0.770. The van der Waals surface area contributed by atoms with Gasteiger partial charge in [0.25, 0.3) is 0 Å². The lowest BCUT2D eigenvalue weighted by molar-refractivity contribution is 0.0862. The summed E-state index contributed by atoms with van der Waals surface area (Å²) < 4.78 is 0. The average Bonchev–Trinajstić information content (AvgIpc) is 2.93. The predicted molar refractivity (Wildman–Crippen MR) is 108 cm³/mol. The van der Waals surface area contributed by atoms with E-state index in [4.69, 9.17) is 0 Å². The first-order valence-corrected chi connectivity index (χ1v) is 10.8. The highest BCUT2D eigenvalue weighted by atomic mass is 32.2. The SMILES string of the molecule is C=C1/C(=C\C=C2/CCC[C@]3(C)C(C(C)SC)=CCC23)C[C@@H](O)C[C@@H]1O. The fraction of sp³-hybridized carbons (Fsp3) is 0.636. The standard InChI is InChI=1S/C22H32O2S/c1-14-17(12-18(23)13-21(14)24)8-7-16-6-5-11-22(3)19(15(2)25-4)9-10-20(16)22/h7-9,15,18,20-21,23-24H,1,5-6,10-13H2,2-4H3/b16-7+,17-8-/t15?,18-,20?,21+,22-/m1/s1. The van der Waals surface area contributed by atoms with Gasteiger partial charge in [0.05, 0.1) is 12.2 Å². The monoisotopic (exact) mass is 360 g/mol. The molecule has 3 aliphatic rings. The van der Waals surface area contributed by atoms with Crippen LogP contribution in [0.15, 0.2) is 47.1 Å². The first kappa shape index (κ1) is 19.0. The summed E-state index contributed by atoms with van der Waals surface area (Å²) in [6.45, 7) is 8.82. The van der Waals surface area contributed by atoms with Crippen LogP contribution in [0.3, 0.4) is 0 Å². The Morgan fingerprint density at radius 3 is 2.84 bits per heavy atom. The molecule has 2 nitrogen and oxygen atoms in total. The quantitative estimate of drug-likeness (QED) is 0.710. The molecular formula is C22H32O2S. The van der Waals surface area contributed by atoms with Crippen molar-refractivity contribution in [2.45, 2.75) is 69.8 Å². The number of aliphatic hydroxyl groups excluding tert-OH is 2. The summed E-state index contributed by atoms with van der Waals surface area (Å²) >= 11 is 1.95. The largest absolute Gasteiger partial charge is 0.393 e. The maximum Gasteiger partial charge on any atom is 0.0811 e. The summed E-state index contributed by atoms with van der Waals surface area (Å²) in [5, 5.41) is 20.6. The van der Waals surface area contributed by atoms with Crippen LogP contribution in [0.2, 0.25) is 0 Å². The first-order valence-electron chi connectivity index (χ1n) is 9.55. The molecule has 3 heteroatoms. The van der Waals surface area contributed by atoms with Crippen molar-refractivity contribution < 1.29 is 10.2 Å². The van der Waals surface area contributed by atoms with E-state index >= 15 is 0 Å². The van der Waals surface area contributed by atoms with Gasteiger partial charge in [0.15, 0.2) is 0 Å². The molecule has 2 fully saturated rings. The summed E-state index contributed by atoms with van der Waals surface area (Å²) in [4.78, 5) is 0. The maximum absolute atomic E-state index is 10.0. The second kappa shape index (κ2) is 7.46. The van der Waals surface area contributed by atoms with Gasteiger partial charge >= 0.3 is 0 Å². The van der Waals surface area contributed by atoms with Crippen molar-refractivity contribution in [3.8, 4) is 0 Å². The van der Waals surface area contributed by atoms with E-state index in [1.165, 1.54) is 18.4 Å². The predicted octanol–water partition coefficient (Wildman–Crippen LogP) is 4.80. The molecule has 5 atom stereocenters. The molecular weight excluding hydrogens is 328 g/mol. The summed E-state index contributed by atoms with van der Waals surface area (Å²) in [6, 6.07) is 0. The van der Waals surface area contributed by atoms with Gasteiger partial charge in [-0.3, -0.25) is 0 Å². The van der Waals surface area contributed by atoms with Crippen LogP contribution in [0.4, 0.5) is 0 Å². The Morgan fingerprint density at radius 2 is 2.12 bits per heavy atom. The molecule has 138 valence electrons. The first-order chi connectivity index (χ1) is 11.9. The Morgan fingerprint density at radius 1 is 1.36 bits per heavy atom. The van der Waals surface area contributed by atoms with Crippen LogP contribution in [-0.4, -0.2) is 33.9 Å². The van der Waals surface area contributed by atoms with Crippen molar-refractivity contribution in [1.82, 2.24) is 0 Å². The second-order valence-electron chi connectivity index (χ2n) is 8.16. The van der Waals surface area contributed by atoms with E-state index in [1.807, 2.05) is 11.8 Å². The van der Waals surface area contributed by atoms with Crippen molar-refractivity contribution in [3.63, 3.8) is 0 Å². The van der Waals surface area contributed by atoms with Gasteiger partial charge in [0, 0.05) is 11.7 Å². The summed E-state index contributed by atoms with van der Waals surface area (Å²) in [6.07, 6.45) is 13.9. The molecule has 2 N–H and O–H groups in total. The lowest BCUT2D eigenvalue weighted by Gasteiger charge is -2.42. The fourth-order valence-electron chi connectivity index (χ4n) is 5.07. The van der Waals surface area contributed by atoms with Crippen LogP contribution in [0.25, 0.3) is 0 Å². The molecule has 0 aromatic rings. The molecule has 0 spiro atoms. The maximum atomic E-state index is 10.0. The van der Waals surface area contributed by atoms with Gasteiger partial charge in [-0.25, -0.2) is 0 Å². The Labute approximate surface area is 156 Å². The molecule has 0 radical (unpaired) electrons. The number of hydrogen-bond acceptors (Lipinski definition) is 3. The molecule has 0 aromatic carbocycles. The normalized spacial score (nSPS) is 40.3. The van der Waals surface area contributed by atoms with Crippen LogP contribution < -0.4 is 0 Å². The number of allylic oxidation sites excluding steroid dienone is 4. The Bertz CT molecular complexity index is 630. The molecule has 2 saturated carbocycles. The minimum atomic E-state index is -0.604. The summed E-state index contributed by atoms with van der Waals surface area (Å²) in [5.41, 5.74) is 5.25. The minimum absolute atomic E-state index is 0.299. The molecule has 3 aliphatic carbocycles. The van der Waals surface area contributed by atoms with Gasteiger partial charge < -0.3 is 10.2 Å². The van der Waals surface area contributed by atoms with Gasteiger partial charge in [0.1, 0.15) is 0 Å². The minimum Gasteiger partial charge on any atom is -0.393 e. The number of hydrogen-bond donors (Lipinski definition) is 2. The summed E-state index contributed by atoms with van der Waals surface area (Å²) in [7, 11) is 0. The van der Waals surface area contributed by atoms with Crippen LogP contribution in [0, 0.1) is 11.3 Å². The summed E-state index contributed by atoms with van der Waals surface area (Å²) in [5.74, 6) is 0.606. The third kappa shape index (κ3) is 3.56. The van der Waals surface area contributed by atoms with E-state index in [2.05, 4.69) is 44.9 Å². The molecule has 0 aromatic heterocycles. The van der Waals surface area contributed by atoms with E-state index in [0.717, 1.165) is 24.0 Å². The van der Waals surface area contributed by atoms with E-state index in [9.17, 15) is 10.2 Å². The Balaban J connectivity index is 1.83. The Kier molecular flexibility index (Phi) is 5.67. The van der Waals surface area contributed by atoms with Crippen molar-refractivity contribution in [2.24, 2.45) is 11.3 Å². The zero-order valence-corrected chi connectivity index (χ0v) is 16.6. The fourth-order valence-corrected chi connectivity index (χ4v) is 5.69. The lowest BCUT2D eigenvalue weighted by atomic mass is 9.64. The topological polar surface area (TPSA) is 40.5 Å². The van der Waals surface area contributed by atoms with Gasteiger partial charge in [-0.1, -0.05) is 42.9 Å². The number of rotatable bonds is 3. The van der Waals surface area contributed by atoms with E-state index < -0.39 is 12.2 Å². The van der Waals surface area contributed by atoms with E-state index in [-0.39, 0.29) is 0 Å². The molecule has 0 bridgehead atoms. The van der Waals surface area contributed by atoms with Crippen LogP contribution in [0.5, 0.6) is 0 Å². The van der Waals surface area contributed by atoms with Gasteiger partial charge in [-0.15, -0.1) is 0 Å². The van der Waals surface area contributed by atoms with E-state index in [1.54, 1.807) is 5.57 Å². The molecule has 25 heavy (non-hydrogen) atoms. The highest BCUT2D eigenvalue weighted by molar-refractivity contribution is 7.99. The molecule has 0 heterocycles. The molecule has 2 unspecified atom stereocenters. The molecule has 0 amide bonds.